The zero-order chi connectivity index (χ0) is 24.7. The Kier molecular flexibility index (Phi) is 5.86. The van der Waals surface area contributed by atoms with Crippen LogP contribution in [-0.4, -0.2) is 48.9 Å². The summed E-state index contributed by atoms with van der Waals surface area (Å²) in [5.41, 5.74) is 3.04. The number of alkyl halides is 1. The van der Waals surface area contributed by atoms with Gasteiger partial charge in [-0.25, -0.2) is 9.37 Å². The van der Waals surface area contributed by atoms with Crippen molar-refractivity contribution in [2.45, 2.75) is 51.5 Å². The summed E-state index contributed by atoms with van der Waals surface area (Å²) in [4.78, 5) is 21.7. The van der Waals surface area contributed by atoms with Gasteiger partial charge in [-0.15, -0.1) is 0 Å². The minimum Gasteiger partial charge on any atom is -0.388 e. The Morgan fingerprint density at radius 1 is 1.34 bits per heavy atom. The van der Waals surface area contributed by atoms with E-state index in [1.165, 1.54) is 6.20 Å². The van der Waals surface area contributed by atoms with Crippen LogP contribution in [0.3, 0.4) is 0 Å². The molecule has 35 heavy (non-hydrogen) atoms. The third kappa shape index (κ3) is 5.08. The van der Waals surface area contributed by atoms with Crippen LogP contribution in [0.25, 0.3) is 17.1 Å². The van der Waals surface area contributed by atoms with Gasteiger partial charge >= 0.3 is 0 Å². The van der Waals surface area contributed by atoms with Crippen molar-refractivity contribution in [2.24, 2.45) is 0 Å². The fraction of sp³-hybridized carbons (Fsp3) is 0.360. The molecule has 1 aliphatic rings. The number of nitrogens with one attached hydrogen (secondary N) is 1. The van der Waals surface area contributed by atoms with E-state index in [1.54, 1.807) is 30.5 Å². The number of anilines is 1. The number of nitrogens with zero attached hydrogens (tertiary/aromatic N) is 4. The molecule has 0 unspecified atom stereocenters. The Labute approximate surface area is 200 Å². The lowest BCUT2D eigenvalue weighted by atomic mass is 10.1. The van der Waals surface area contributed by atoms with Crippen molar-refractivity contribution < 1.29 is 23.6 Å². The maximum absolute atomic E-state index is 13.3. The van der Waals surface area contributed by atoms with Crippen molar-refractivity contribution in [3.8, 4) is 11.5 Å². The lowest BCUT2D eigenvalue weighted by molar-refractivity contribution is -0.0268. The molecule has 1 aliphatic carbocycles. The second kappa shape index (κ2) is 8.86. The molecule has 2 N–H and O–H groups in total. The van der Waals surface area contributed by atoms with Gasteiger partial charge in [0.25, 0.3) is 11.8 Å². The standard InChI is InChI=1S/C25H26FN5O4/c1-14-4-5-16(24-29-22(30-35-24)17-10-18(17)26)9-19(14)28-23(32)20-11-27-21-8-15(6-7-31(20)21)12-34-13-25(2,3)33/h4-9,11,17-18,33H,10,12-13H2,1-3H3,(H,28,32)/t17-,18-/m0/s1. The highest BCUT2D eigenvalue weighted by atomic mass is 19.1. The quantitative estimate of drug-likeness (QED) is 0.392. The minimum absolute atomic E-state index is 0.209. The summed E-state index contributed by atoms with van der Waals surface area (Å²) in [5, 5.41) is 16.6. The van der Waals surface area contributed by atoms with Crippen molar-refractivity contribution in [1.29, 1.82) is 0 Å². The minimum atomic E-state index is -0.907. The van der Waals surface area contributed by atoms with Gasteiger partial charge in [0.05, 0.1) is 30.9 Å². The number of carbonyl (C=O) groups is 1. The molecule has 2 atom stereocenters. The van der Waals surface area contributed by atoms with Crippen molar-refractivity contribution in [1.82, 2.24) is 19.5 Å². The lowest BCUT2D eigenvalue weighted by Crippen LogP contribution is -2.25. The van der Waals surface area contributed by atoms with Crippen LogP contribution in [0.1, 0.15) is 53.6 Å². The molecule has 3 heterocycles. The highest BCUT2D eigenvalue weighted by molar-refractivity contribution is 6.04. The zero-order valence-electron chi connectivity index (χ0n) is 19.7. The van der Waals surface area contributed by atoms with Crippen molar-refractivity contribution in [3.63, 3.8) is 0 Å². The van der Waals surface area contributed by atoms with Crippen LogP contribution in [0.15, 0.2) is 47.2 Å². The number of imidazole rings is 1. The molecule has 10 heteroatoms. The smallest absolute Gasteiger partial charge is 0.274 e. The molecule has 0 radical (unpaired) electrons. The summed E-state index contributed by atoms with van der Waals surface area (Å²) >= 11 is 0. The van der Waals surface area contributed by atoms with E-state index in [-0.39, 0.29) is 24.3 Å². The van der Waals surface area contributed by atoms with Gasteiger partial charge in [0.1, 0.15) is 17.5 Å². The molecule has 1 fully saturated rings. The number of hydrogen-bond donors (Lipinski definition) is 2. The van der Waals surface area contributed by atoms with Gasteiger partial charge in [0, 0.05) is 17.4 Å². The molecule has 1 aromatic carbocycles. The second-order valence-electron chi connectivity index (χ2n) is 9.51. The Balaban J connectivity index is 1.31. The fourth-order valence-electron chi connectivity index (χ4n) is 3.71. The van der Waals surface area contributed by atoms with Gasteiger partial charge < -0.3 is 19.7 Å². The SMILES string of the molecule is Cc1ccc(-c2nc([C@H]3C[C@@H]3F)no2)cc1NC(=O)c1cnc2cc(COCC(C)(C)O)ccn12. The summed E-state index contributed by atoms with van der Waals surface area (Å²) in [6, 6.07) is 9.10. The maximum atomic E-state index is 13.3. The molecule has 0 aliphatic heterocycles. The number of benzene rings is 1. The lowest BCUT2D eigenvalue weighted by Gasteiger charge is -2.16. The molecule has 3 aromatic heterocycles. The molecule has 0 bridgehead atoms. The normalized spacial score (nSPS) is 17.6. The first-order valence-corrected chi connectivity index (χ1v) is 11.3. The van der Waals surface area contributed by atoms with Crippen molar-refractivity contribution in [3.05, 3.63) is 65.4 Å². The first-order chi connectivity index (χ1) is 16.7. The highest BCUT2D eigenvalue weighted by Crippen LogP contribution is 2.42. The van der Waals surface area contributed by atoms with Crippen LogP contribution >= 0.6 is 0 Å². The van der Waals surface area contributed by atoms with E-state index >= 15 is 0 Å². The number of carbonyl (C=O) groups excluding carboxylic acids is 1. The molecule has 1 saturated carbocycles. The highest BCUT2D eigenvalue weighted by Gasteiger charge is 2.42. The number of hydrogen-bond acceptors (Lipinski definition) is 7. The number of ether oxygens (including phenoxy) is 1. The van der Waals surface area contributed by atoms with Crippen LogP contribution in [0, 0.1) is 6.92 Å². The Bertz CT molecular complexity index is 1390. The summed E-state index contributed by atoms with van der Waals surface area (Å²) < 4.78 is 25.9. The molecular weight excluding hydrogens is 453 g/mol. The number of rotatable bonds is 8. The second-order valence-corrected chi connectivity index (χ2v) is 9.51. The molecule has 0 spiro atoms. The molecule has 182 valence electrons. The van der Waals surface area contributed by atoms with Gasteiger partial charge in [-0.2, -0.15) is 4.98 Å². The van der Waals surface area contributed by atoms with Crippen LogP contribution in [0.5, 0.6) is 0 Å². The number of amides is 1. The molecule has 0 saturated heterocycles. The maximum Gasteiger partial charge on any atom is 0.274 e. The van der Waals surface area contributed by atoms with Crippen molar-refractivity contribution >= 4 is 17.2 Å². The predicted molar refractivity (Wildman–Crippen MR) is 126 cm³/mol. The Morgan fingerprint density at radius 2 is 2.14 bits per heavy atom. The summed E-state index contributed by atoms with van der Waals surface area (Å²) in [7, 11) is 0. The largest absolute Gasteiger partial charge is 0.388 e. The van der Waals surface area contributed by atoms with E-state index < -0.39 is 11.8 Å². The van der Waals surface area contributed by atoms with E-state index in [0.29, 0.717) is 41.4 Å². The Hall–Kier alpha value is -3.63. The van der Waals surface area contributed by atoms with E-state index in [2.05, 4.69) is 20.4 Å². The Morgan fingerprint density at radius 3 is 2.89 bits per heavy atom. The van der Waals surface area contributed by atoms with Crippen molar-refractivity contribution in [2.75, 3.05) is 11.9 Å². The van der Waals surface area contributed by atoms with Crippen LogP contribution < -0.4 is 5.32 Å². The van der Waals surface area contributed by atoms with E-state index in [9.17, 15) is 14.3 Å². The first kappa shape index (κ1) is 23.1. The first-order valence-electron chi connectivity index (χ1n) is 11.3. The van der Waals surface area contributed by atoms with Crippen LogP contribution in [0.2, 0.25) is 0 Å². The van der Waals surface area contributed by atoms with Gasteiger partial charge in [-0.1, -0.05) is 11.2 Å². The fourth-order valence-corrected chi connectivity index (χ4v) is 3.71. The van der Waals surface area contributed by atoms with E-state index in [1.807, 2.05) is 31.2 Å². The van der Waals surface area contributed by atoms with E-state index in [0.717, 1.165) is 11.1 Å². The predicted octanol–water partition coefficient (Wildman–Crippen LogP) is 4.06. The number of halogens is 1. The average Bonchev–Trinajstić information content (AvgIpc) is 3.19. The van der Waals surface area contributed by atoms with Gasteiger partial charge in [0.15, 0.2) is 5.82 Å². The summed E-state index contributed by atoms with van der Waals surface area (Å²) in [6.07, 6.45) is 2.79. The average molecular weight is 480 g/mol. The molecule has 5 rings (SSSR count). The third-order valence-electron chi connectivity index (χ3n) is 5.75. The topological polar surface area (TPSA) is 115 Å². The van der Waals surface area contributed by atoms with Crippen LogP contribution in [-0.2, 0) is 11.3 Å². The van der Waals surface area contributed by atoms with Gasteiger partial charge in [-0.05, 0) is 62.6 Å². The monoisotopic (exact) mass is 479 g/mol. The molecule has 1 amide bonds. The van der Waals surface area contributed by atoms with E-state index in [4.69, 9.17) is 9.26 Å². The molecular formula is C25H26FN5O4. The number of aryl methyl sites for hydroxylation is 1. The number of aromatic nitrogens is 4. The zero-order valence-corrected chi connectivity index (χ0v) is 19.7. The molecule has 4 aromatic rings. The number of pyridine rings is 1. The van der Waals surface area contributed by atoms with Crippen LogP contribution in [0.4, 0.5) is 10.1 Å². The van der Waals surface area contributed by atoms with Gasteiger partial charge in [0.2, 0.25) is 0 Å². The summed E-state index contributed by atoms with van der Waals surface area (Å²) in [5.74, 6) is 0.0343. The molecule has 9 nitrogen and oxygen atoms in total. The number of fused-ring (bicyclic) bond motifs is 1. The summed E-state index contributed by atoms with van der Waals surface area (Å²) in [6.45, 7) is 5.78. The number of aliphatic hydroxyl groups is 1. The van der Waals surface area contributed by atoms with Gasteiger partial charge in [-0.3, -0.25) is 9.20 Å². The third-order valence-corrected chi connectivity index (χ3v) is 5.75.